The summed E-state index contributed by atoms with van der Waals surface area (Å²) in [5.41, 5.74) is 2.17. The molecule has 10 atom stereocenters. The van der Waals surface area contributed by atoms with Gasteiger partial charge < -0.3 is 18.9 Å². The van der Waals surface area contributed by atoms with Gasteiger partial charge in [-0.15, -0.1) is 0 Å². The first kappa shape index (κ1) is 41.3. The Morgan fingerprint density at radius 2 is 0.885 bits per heavy atom. The molecular formula is C42H60N2O8. The van der Waals surface area contributed by atoms with E-state index < -0.39 is 0 Å². The lowest BCUT2D eigenvalue weighted by molar-refractivity contribution is -0.146. The average molecular weight is 721 g/mol. The van der Waals surface area contributed by atoms with Crippen LogP contribution in [0, 0.1) is 23.7 Å². The van der Waals surface area contributed by atoms with E-state index in [4.69, 9.17) is 18.9 Å². The minimum Gasteiger partial charge on any atom is -0.376 e. The van der Waals surface area contributed by atoms with Crippen LogP contribution < -0.4 is 0 Å². The molecule has 10 nitrogen and oxygen atoms in total. The van der Waals surface area contributed by atoms with Gasteiger partial charge in [-0.3, -0.25) is 29.0 Å². The normalized spacial score (nSPS) is 24.3. The summed E-state index contributed by atoms with van der Waals surface area (Å²) in [6, 6.07) is 19.2. The van der Waals surface area contributed by atoms with Crippen LogP contribution in [0.2, 0.25) is 0 Å². The van der Waals surface area contributed by atoms with Gasteiger partial charge in [0, 0.05) is 11.8 Å². The van der Waals surface area contributed by atoms with Crippen LogP contribution in [0.3, 0.4) is 0 Å². The minimum atomic E-state index is -0.384. The highest BCUT2D eigenvalue weighted by molar-refractivity contribution is 6.06. The minimum absolute atomic E-state index is 0.0131. The molecule has 2 aromatic carbocycles. The number of benzene rings is 2. The van der Waals surface area contributed by atoms with E-state index in [9.17, 15) is 19.2 Å². The van der Waals surface area contributed by atoms with Crippen LogP contribution in [0.5, 0.6) is 0 Å². The lowest BCUT2D eigenvalue weighted by Crippen LogP contribution is -2.42. The molecule has 2 aliphatic rings. The largest absolute Gasteiger partial charge is 0.376 e. The third-order valence-corrected chi connectivity index (χ3v) is 10.8. The lowest BCUT2D eigenvalue weighted by atomic mass is 9.78. The molecule has 2 aliphatic heterocycles. The summed E-state index contributed by atoms with van der Waals surface area (Å²) in [5, 5.41) is 0. The van der Waals surface area contributed by atoms with Crippen molar-refractivity contribution in [1.82, 2.24) is 9.80 Å². The molecule has 52 heavy (non-hydrogen) atoms. The zero-order chi connectivity index (χ0) is 37.9. The van der Waals surface area contributed by atoms with E-state index in [2.05, 4.69) is 13.8 Å². The second kappa shape index (κ2) is 19.6. The summed E-state index contributed by atoms with van der Waals surface area (Å²) in [5.74, 6) is -2.08. The molecule has 0 spiro atoms. The second-order valence-corrected chi connectivity index (χ2v) is 14.7. The van der Waals surface area contributed by atoms with E-state index in [-0.39, 0.29) is 96.6 Å². The van der Waals surface area contributed by atoms with Gasteiger partial charge >= 0.3 is 0 Å². The maximum Gasteiger partial charge on any atom is 0.234 e. The summed E-state index contributed by atoms with van der Waals surface area (Å²) in [6.45, 7) is 17.2. The summed E-state index contributed by atoms with van der Waals surface area (Å²) in [4.78, 5) is 56.3. The van der Waals surface area contributed by atoms with Crippen molar-refractivity contribution in [2.45, 2.75) is 104 Å². The van der Waals surface area contributed by atoms with Gasteiger partial charge in [-0.25, -0.2) is 0 Å². The predicted octanol–water partition coefficient (Wildman–Crippen LogP) is 6.24. The first-order valence-corrected chi connectivity index (χ1v) is 19.1. The lowest BCUT2D eigenvalue weighted by Gasteiger charge is -2.26. The van der Waals surface area contributed by atoms with Gasteiger partial charge in [0.15, 0.2) is 0 Å². The smallest absolute Gasteiger partial charge is 0.234 e. The van der Waals surface area contributed by atoms with Crippen LogP contribution in [0.15, 0.2) is 60.7 Å². The van der Waals surface area contributed by atoms with Crippen LogP contribution in [-0.2, 0) is 38.1 Å². The average Bonchev–Trinajstić information content (AvgIpc) is 3.50. The van der Waals surface area contributed by atoms with Crippen LogP contribution in [0.1, 0.15) is 91.2 Å². The Balaban J connectivity index is 1.12. The van der Waals surface area contributed by atoms with E-state index in [0.29, 0.717) is 26.4 Å². The molecule has 0 N–H and O–H groups in total. The van der Waals surface area contributed by atoms with Crippen LogP contribution in [0.4, 0.5) is 0 Å². The van der Waals surface area contributed by atoms with Gasteiger partial charge in [0.25, 0.3) is 0 Å². The number of carbonyl (C=O) groups excluding carboxylic acids is 4. The maximum atomic E-state index is 13.5. The standard InChI is InChI=1S/C42H60N2O8/c1-9-35(33-17-13-11-14-18-33)37-31(7)39(45)43(41(37)47)27(3)23-51-29(5)25-49-21-22-50-26-30(6)52-24-28(4)44-40(46)32(8)38(42(44)48)36(10-2)34-19-15-12-16-20-34/h11-20,27-32,35-38H,9-10,21-26H2,1-8H3. The van der Waals surface area contributed by atoms with E-state index >= 15 is 0 Å². The number of hydrogen-bond acceptors (Lipinski definition) is 8. The van der Waals surface area contributed by atoms with Crippen LogP contribution in [0.25, 0.3) is 0 Å². The molecular weight excluding hydrogens is 660 g/mol. The van der Waals surface area contributed by atoms with Crippen LogP contribution in [-0.4, -0.2) is 97.4 Å². The van der Waals surface area contributed by atoms with E-state index in [1.807, 2.05) is 102 Å². The summed E-state index contributed by atoms with van der Waals surface area (Å²) < 4.78 is 23.5. The number of likely N-dealkylation sites (tertiary alicyclic amines) is 2. The van der Waals surface area contributed by atoms with E-state index in [1.54, 1.807) is 0 Å². The van der Waals surface area contributed by atoms with E-state index in [0.717, 1.165) is 24.0 Å². The molecule has 10 heteroatoms. The number of amides is 4. The van der Waals surface area contributed by atoms with Crippen molar-refractivity contribution in [2.75, 3.05) is 39.6 Å². The fourth-order valence-electron chi connectivity index (χ4n) is 7.89. The molecule has 10 unspecified atom stereocenters. The SMILES string of the molecule is CCC(c1ccccc1)C1C(=O)N(C(C)COC(C)COCCOCC(C)OCC(C)N2C(=O)C(C)C(C(CC)c3ccccc3)C2=O)C(=O)C1C. The van der Waals surface area contributed by atoms with Gasteiger partial charge in [0.1, 0.15) is 0 Å². The Morgan fingerprint density at radius 3 is 1.21 bits per heavy atom. The molecule has 2 aromatic rings. The van der Waals surface area contributed by atoms with Crippen molar-refractivity contribution < 1.29 is 38.1 Å². The Bertz CT molecular complexity index is 1340. The number of rotatable bonds is 21. The highest BCUT2D eigenvalue weighted by atomic mass is 16.6. The fourth-order valence-corrected chi connectivity index (χ4v) is 7.89. The maximum absolute atomic E-state index is 13.5. The second-order valence-electron chi connectivity index (χ2n) is 14.7. The molecule has 0 aliphatic carbocycles. The molecule has 2 heterocycles. The molecule has 2 saturated heterocycles. The van der Waals surface area contributed by atoms with E-state index in [1.165, 1.54) is 9.80 Å². The van der Waals surface area contributed by atoms with Gasteiger partial charge in [-0.1, -0.05) is 88.4 Å². The molecule has 0 saturated carbocycles. The highest BCUT2D eigenvalue weighted by Gasteiger charge is 2.51. The quantitative estimate of drug-likeness (QED) is 0.110. The summed E-state index contributed by atoms with van der Waals surface area (Å²) in [6.07, 6.45) is 1.08. The van der Waals surface area contributed by atoms with Crippen molar-refractivity contribution in [1.29, 1.82) is 0 Å². The fraction of sp³-hybridized carbons (Fsp3) is 0.619. The summed E-state index contributed by atoms with van der Waals surface area (Å²) >= 11 is 0. The Hall–Kier alpha value is -3.44. The summed E-state index contributed by atoms with van der Waals surface area (Å²) in [7, 11) is 0. The molecule has 4 rings (SSSR count). The van der Waals surface area contributed by atoms with Crippen molar-refractivity contribution in [3.8, 4) is 0 Å². The zero-order valence-electron chi connectivity index (χ0n) is 32.4. The number of imide groups is 2. The Morgan fingerprint density at radius 1 is 0.538 bits per heavy atom. The third kappa shape index (κ3) is 9.75. The Labute approximate surface area is 310 Å². The number of ether oxygens (including phenoxy) is 4. The zero-order valence-corrected chi connectivity index (χ0v) is 32.4. The van der Waals surface area contributed by atoms with Crippen LogP contribution >= 0.6 is 0 Å². The van der Waals surface area contributed by atoms with Gasteiger partial charge in [0.2, 0.25) is 23.6 Å². The first-order valence-electron chi connectivity index (χ1n) is 19.1. The number of hydrogen-bond donors (Lipinski definition) is 0. The molecule has 0 aromatic heterocycles. The van der Waals surface area contributed by atoms with Crippen molar-refractivity contribution in [3.05, 3.63) is 71.8 Å². The predicted molar refractivity (Wildman–Crippen MR) is 199 cm³/mol. The number of carbonyl (C=O) groups is 4. The number of nitrogens with zero attached hydrogens (tertiary/aromatic N) is 2. The molecule has 0 radical (unpaired) electrons. The third-order valence-electron chi connectivity index (χ3n) is 10.8. The van der Waals surface area contributed by atoms with Crippen molar-refractivity contribution >= 4 is 23.6 Å². The first-order chi connectivity index (χ1) is 24.9. The van der Waals surface area contributed by atoms with Gasteiger partial charge in [-0.05, 0) is 63.5 Å². The monoisotopic (exact) mass is 720 g/mol. The van der Waals surface area contributed by atoms with Gasteiger partial charge in [0.05, 0.1) is 75.8 Å². The molecule has 2 fully saturated rings. The molecule has 286 valence electrons. The Kier molecular flexibility index (Phi) is 15.6. The van der Waals surface area contributed by atoms with Gasteiger partial charge in [-0.2, -0.15) is 0 Å². The molecule has 4 amide bonds. The molecule has 0 bridgehead atoms. The highest BCUT2D eigenvalue weighted by Crippen LogP contribution is 2.41. The topological polar surface area (TPSA) is 112 Å². The van der Waals surface area contributed by atoms with Crippen molar-refractivity contribution in [3.63, 3.8) is 0 Å². The van der Waals surface area contributed by atoms with Crippen molar-refractivity contribution in [2.24, 2.45) is 23.7 Å².